The molecule has 0 amide bonds. The summed E-state index contributed by atoms with van der Waals surface area (Å²) in [5.41, 5.74) is 3.29. The zero-order valence-electron chi connectivity index (χ0n) is 16.2. The summed E-state index contributed by atoms with van der Waals surface area (Å²) < 4.78 is 32.6. The number of aryl methyl sites for hydroxylation is 3. The van der Waals surface area contributed by atoms with Crippen LogP contribution in [-0.2, 0) is 16.4 Å². The van der Waals surface area contributed by atoms with Gasteiger partial charge in [-0.1, -0.05) is 34.5 Å². The van der Waals surface area contributed by atoms with Crippen molar-refractivity contribution in [2.24, 2.45) is 0 Å². The van der Waals surface area contributed by atoms with Crippen molar-refractivity contribution in [1.82, 2.24) is 14.4 Å². The van der Waals surface area contributed by atoms with Crippen LogP contribution in [0.2, 0.25) is 5.02 Å². The van der Waals surface area contributed by atoms with E-state index in [0.29, 0.717) is 28.1 Å². The molecule has 0 fully saturated rings. The van der Waals surface area contributed by atoms with Crippen LogP contribution < -0.4 is 0 Å². The minimum Gasteiger partial charge on any atom is -0.334 e. The van der Waals surface area contributed by atoms with Gasteiger partial charge in [-0.05, 0) is 56.2 Å². The van der Waals surface area contributed by atoms with Crippen molar-refractivity contribution in [2.75, 3.05) is 13.6 Å². The molecule has 0 spiro atoms. The molecular formula is C20H22ClN3O3S. The van der Waals surface area contributed by atoms with Crippen molar-refractivity contribution < 1.29 is 12.9 Å². The number of sulfonamides is 1. The molecule has 3 aromatic rings. The summed E-state index contributed by atoms with van der Waals surface area (Å²) in [6, 6.07) is 10.8. The van der Waals surface area contributed by atoms with E-state index in [1.165, 1.54) is 4.31 Å². The lowest BCUT2D eigenvalue weighted by Gasteiger charge is -2.20. The van der Waals surface area contributed by atoms with Gasteiger partial charge in [0.05, 0.1) is 4.90 Å². The fourth-order valence-electron chi connectivity index (χ4n) is 3.17. The van der Waals surface area contributed by atoms with E-state index in [9.17, 15) is 8.42 Å². The average Bonchev–Trinajstić information content (AvgIpc) is 3.08. The van der Waals surface area contributed by atoms with Crippen molar-refractivity contribution in [2.45, 2.75) is 32.1 Å². The highest BCUT2D eigenvalue weighted by Gasteiger charge is 2.25. The van der Waals surface area contributed by atoms with E-state index in [1.54, 1.807) is 31.3 Å². The molecule has 0 aliphatic rings. The molecule has 0 atom stereocenters. The number of nitrogens with zero attached hydrogens (tertiary/aromatic N) is 3. The molecule has 0 saturated carbocycles. The van der Waals surface area contributed by atoms with E-state index in [-0.39, 0.29) is 6.54 Å². The van der Waals surface area contributed by atoms with E-state index in [1.807, 2.05) is 32.9 Å². The second-order valence-corrected chi connectivity index (χ2v) is 9.25. The van der Waals surface area contributed by atoms with Gasteiger partial charge in [-0.2, -0.15) is 4.98 Å². The quantitative estimate of drug-likeness (QED) is 0.599. The zero-order chi connectivity index (χ0) is 20.5. The summed E-state index contributed by atoms with van der Waals surface area (Å²) in [6.07, 6.45) is 0.344. The Labute approximate surface area is 170 Å². The van der Waals surface area contributed by atoms with Crippen LogP contribution in [0.5, 0.6) is 0 Å². The molecular weight excluding hydrogens is 398 g/mol. The SMILES string of the molecule is Cc1cc(C)c(S(=O)(=O)N(C)CCc2noc(-c3ccc(Cl)cc3)n2)c(C)c1. The Kier molecular flexibility index (Phi) is 5.88. The maximum Gasteiger partial charge on any atom is 0.257 e. The number of benzene rings is 2. The van der Waals surface area contributed by atoms with Gasteiger partial charge in [-0.15, -0.1) is 0 Å². The second kappa shape index (κ2) is 8.03. The Hall–Kier alpha value is -2.22. The van der Waals surface area contributed by atoms with Gasteiger partial charge in [0.15, 0.2) is 5.82 Å². The molecule has 0 N–H and O–H groups in total. The Morgan fingerprint density at radius 3 is 2.29 bits per heavy atom. The number of halogens is 1. The molecule has 1 aromatic heterocycles. The summed E-state index contributed by atoms with van der Waals surface area (Å²) in [6.45, 7) is 5.83. The number of hydrogen-bond acceptors (Lipinski definition) is 5. The predicted octanol–water partition coefficient (Wildman–Crippen LogP) is 4.18. The lowest BCUT2D eigenvalue weighted by Crippen LogP contribution is -2.30. The van der Waals surface area contributed by atoms with Crippen molar-refractivity contribution in [1.29, 1.82) is 0 Å². The molecule has 0 bridgehead atoms. The highest BCUT2D eigenvalue weighted by molar-refractivity contribution is 7.89. The topological polar surface area (TPSA) is 76.3 Å². The molecule has 2 aromatic carbocycles. The van der Waals surface area contributed by atoms with Gasteiger partial charge in [0.25, 0.3) is 5.89 Å². The number of aromatic nitrogens is 2. The first-order chi connectivity index (χ1) is 13.2. The smallest absolute Gasteiger partial charge is 0.257 e. The Balaban J connectivity index is 1.74. The lowest BCUT2D eigenvalue weighted by atomic mass is 10.1. The summed E-state index contributed by atoms with van der Waals surface area (Å²) in [4.78, 5) is 4.70. The summed E-state index contributed by atoms with van der Waals surface area (Å²) in [5.74, 6) is 0.826. The van der Waals surface area contributed by atoms with Crippen LogP contribution in [0.15, 0.2) is 45.8 Å². The maximum absolute atomic E-state index is 13.0. The molecule has 28 heavy (non-hydrogen) atoms. The third kappa shape index (κ3) is 4.27. The zero-order valence-corrected chi connectivity index (χ0v) is 17.8. The monoisotopic (exact) mass is 419 g/mol. The second-order valence-electron chi connectivity index (χ2n) is 6.83. The van der Waals surface area contributed by atoms with Gasteiger partial charge in [-0.25, -0.2) is 12.7 Å². The van der Waals surface area contributed by atoms with E-state index in [0.717, 1.165) is 22.3 Å². The normalized spacial score (nSPS) is 11.9. The van der Waals surface area contributed by atoms with Crippen molar-refractivity contribution in [3.05, 3.63) is 63.9 Å². The first-order valence-corrected chi connectivity index (χ1v) is 10.6. The van der Waals surface area contributed by atoms with Crippen LogP contribution in [0.4, 0.5) is 0 Å². The highest BCUT2D eigenvalue weighted by Crippen LogP contribution is 2.25. The molecule has 3 rings (SSSR count). The number of likely N-dealkylation sites (N-methyl/N-ethyl adjacent to an activating group) is 1. The predicted molar refractivity (Wildman–Crippen MR) is 109 cm³/mol. The third-order valence-corrected chi connectivity index (χ3v) is 6.90. The summed E-state index contributed by atoms with van der Waals surface area (Å²) in [7, 11) is -2.04. The lowest BCUT2D eigenvalue weighted by molar-refractivity contribution is 0.415. The van der Waals surface area contributed by atoms with Gasteiger partial charge >= 0.3 is 0 Å². The standard InChI is InChI=1S/C20H22ClN3O3S/c1-13-11-14(2)19(15(3)12-13)28(25,26)24(4)10-9-18-22-20(27-23-18)16-5-7-17(21)8-6-16/h5-8,11-12H,9-10H2,1-4H3. The fraction of sp³-hybridized carbons (Fsp3) is 0.300. The molecule has 8 heteroatoms. The Bertz CT molecular complexity index is 1070. The minimum absolute atomic E-state index is 0.245. The molecule has 6 nitrogen and oxygen atoms in total. The molecule has 0 unspecified atom stereocenters. The van der Waals surface area contributed by atoms with E-state index < -0.39 is 10.0 Å². The van der Waals surface area contributed by atoms with Crippen LogP contribution in [0.25, 0.3) is 11.5 Å². The van der Waals surface area contributed by atoms with Gasteiger partial charge in [0, 0.05) is 30.6 Å². The molecule has 0 aliphatic heterocycles. The van der Waals surface area contributed by atoms with Crippen molar-refractivity contribution in [3.63, 3.8) is 0 Å². The van der Waals surface area contributed by atoms with Gasteiger partial charge in [-0.3, -0.25) is 0 Å². The fourth-order valence-corrected chi connectivity index (χ4v) is 4.87. The van der Waals surface area contributed by atoms with Crippen LogP contribution in [0.1, 0.15) is 22.5 Å². The van der Waals surface area contributed by atoms with Crippen LogP contribution in [0.3, 0.4) is 0 Å². The van der Waals surface area contributed by atoms with Gasteiger partial charge < -0.3 is 4.52 Å². The third-order valence-electron chi connectivity index (χ3n) is 4.48. The van der Waals surface area contributed by atoms with Crippen molar-refractivity contribution in [3.8, 4) is 11.5 Å². The van der Waals surface area contributed by atoms with Crippen LogP contribution in [-0.4, -0.2) is 36.5 Å². The molecule has 0 aliphatic carbocycles. The highest BCUT2D eigenvalue weighted by atomic mass is 35.5. The first kappa shape index (κ1) is 20.5. The summed E-state index contributed by atoms with van der Waals surface area (Å²) in [5, 5.41) is 4.57. The van der Waals surface area contributed by atoms with Gasteiger partial charge in [0.2, 0.25) is 10.0 Å². The number of rotatable bonds is 6. The van der Waals surface area contributed by atoms with E-state index >= 15 is 0 Å². The number of hydrogen-bond donors (Lipinski definition) is 0. The first-order valence-electron chi connectivity index (χ1n) is 8.81. The van der Waals surface area contributed by atoms with Crippen molar-refractivity contribution >= 4 is 21.6 Å². The van der Waals surface area contributed by atoms with Crippen LogP contribution >= 0.6 is 11.6 Å². The molecule has 0 saturated heterocycles. The average molecular weight is 420 g/mol. The Morgan fingerprint density at radius 2 is 1.68 bits per heavy atom. The van der Waals surface area contributed by atoms with Gasteiger partial charge in [0.1, 0.15) is 0 Å². The molecule has 0 radical (unpaired) electrons. The molecule has 1 heterocycles. The summed E-state index contributed by atoms with van der Waals surface area (Å²) >= 11 is 5.88. The van der Waals surface area contributed by atoms with E-state index in [4.69, 9.17) is 16.1 Å². The van der Waals surface area contributed by atoms with E-state index in [2.05, 4.69) is 10.1 Å². The van der Waals surface area contributed by atoms with Crippen LogP contribution in [0, 0.1) is 20.8 Å². The Morgan fingerprint density at radius 1 is 1.07 bits per heavy atom. The molecule has 148 valence electrons. The minimum atomic E-state index is -3.60. The maximum atomic E-state index is 13.0. The largest absolute Gasteiger partial charge is 0.334 e.